The van der Waals surface area contributed by atoms with Crippen LogP contribution in [-0.2, 0) is 0 Å². The number of carboxylic acid groups (broad SMARTS) is 1. The number of alkyl halides is 3. The highest BCUT2D eigenvalue weighted by Gasteiger charge is 2.32. The maximum atomic E-state index is 12.0. The summed E-state index contributed by atoms with van der Waals surface area (Å²) in [7, 11) is 0. The second-order valence-electron chi connectivity index (χ2n) is 2.79. The molecule has 90 valence electrons. The van der Waals surface area contributed by atoms with Gasteiger partial charge in [0.2, 0.25) is 0 Å². The summed E-state index contributed by atoms with van der Waals surface area (Å²) in [5.74, 6) is -2.08. The van der Waals surface area contributed by atoms with Crippen molar-refractivity contribution in [2.75, 3.05) is 0 Å². The smallest absolute Gasteiger partial charge is 0.478 e. The van der Waals surface area contributed by atoms with Crippen LogP contribution in [0, 0.1) is 11.3 Å². The second-order valence-corrected chi connectivity index (χ2v) is 3.65. The Kier molecular flexibility index (Phi) is 3.63. The van der Waals surface area contributed by atoms with Crippen molar-refractivity contribution < 1.29 is 27.8 Å². The Labute approximate surface area is 101 Å². The van der Waals surface area contributed by atoms with Crippen molar-refractivity contribution in [3.8, 4) is 11.8 Å². The summed E-state index contributed by atoms with van der Waals surface area (Å²) >= 11 is 2.73. The number of carbonyl (C=O) groups is 1. The van der Waals surface area contributed by atoms with Crippen LogP contribution in [0.4, 0.5) is 13.2 Å². The van der Waals surface area contributed by atoms with Gasteiger partial charge in [-0.15, -0.1) is 13.2 Å². The number of hydrogen-bond donors (Lipinski definition) is 1. The van der Waals surface area contributed by atoms with Crippen LogP contribution in [0.25, 0.3) is 0 Å². The molecule has 0 radical (unpaired) electrons. The third-order valence-corrected chi connectivity index (χ3v) is 2.27. The Morgan fingerprint density at radius 1 is 1.47 bits per heavy atom. The van der Waals surface area contributed by atoms with Gasteiger partial charge in [0.05, 0.1) is 15.6 Å². The number of ether oxygens (including phenoxy) is 1. The quantitative estimate of drug-likeness (QED) is 0.912. The zero-order chi connectivity index (χ0) is 13.2. The zero-order valence-corrected chi connectivity index (χ0v) is 9.46. The van der Waals surface area contributed by atoms with Crippen LogP contribution >= 0.6 is 15.9 Å². The molecule has 0 aliphatic heterocycles. The molecule has 0 aliphatic carbocycles. The normalized spacial score (nSPS) is 10.8. The van der Waals surface area contributed by atoms with Gasteiger partial charge in [0, 0.05) is 6.07 Å². The fourth-order valence-electron chi connectivity index (χ4n) is 1.03. The Balaban J connectivity index is 3.29. The molecule has 0 bridgehead atoms. The molecule has 0 saturated heterocycles. The summed E-state index contributed by atoms with van der Waals surface area (Å²) in [6.45, 7) is 0. The van der Waals surface area contributed by atoms with Gasteiger partial charge in [-0.05, 0) is 22.0 Å². The van der Waals surface area contributed by atoms with Crippen molar-refractivity contribution in [2.24, 2.45) is 0 Å². The SMILES string of the molecule is N#Cc1cc(OC(F)(F)F)c(Br)cc1C(=O)O. The third-order valence-electron chi connectivity index (χ3n) is 1.65. The third kappa shape index (κ3) is 3.35. The van der Waals surface area contributed by atoms with Crippen LogP contribution in [0.5, 0.6) is 5.75 Å². The van der Waals surface area contributed by atoms with Crippen molar-refractivity contribution in [3.63, 3.8) is 0 Å². The molecule has 0 amide bonds. The molecule has 0 spiro atoms. The predicted octanol–water partition coefficient (Wildman–Crippen LogP) is 2.92. The molecular weight excluding hydrogens is 307 g/mol. The van der Waals surface area contributed by atoms with Gasteiger partial charge in [0.1, 0.15) is 11.8 Å². The maximum absolute atomic E-state index is 12.0. The fourth-order valence-corrected chi connectivity index (χ4v) is 1.45. The van der Waals surface area contributed by atoms with E-state index in [1.807, 2.05) is 0 Å². The molecule has 0 atom stereocenters. The van der Waals surface area contributed by atoms with Crippen LogP contribution in [0.1, 0.15) is 15.9 Å². The highest BCUT2D eigenvalue weighted by atomic mass is 79.9. The summed E-state index contributed by atoms with van der Waals surface area (Å²) in [6, 6.07) is 3.07. The molecule has 8 heteroatoms. The van der Waals surface area contributed by atoms with Gasteiger partial charge in [-0.1, -0.05) is 0 Å². The van der Waals surface area contributed by atoms with Gasteiger partial charge >= 0.3 is 12.3 Å². The molecule has 4 nitrogen and oxygen atoms in total. The largest absolute Gasteiger partial charge is 0.573 e. The average molecular weight is 310 g/mol. The monoisotopic (exact) mass is 309 g/mol. The van der Waals surface area contributed by atoms with Gasteiger partial charge in [0.15, 0.2) is 0 Å². The number of benzene rings is 1. The van der Waals surface area contributed by atoms with E-state index in [9.17, 15) is 18.0 Å². The van der Waals surface area contributed by atoms with Crippen molar-refractivity contribution in [1.29, 1.82) is 5.26 Å². The van der Waals surface area contributed by atoms with Gasteiger partial charge in [0.25, 0.3) is 0 Å². The lowest BCUT2D eigenvalue weighted by Crippen LogP contribution is -2.17. The molecule has 1 N–H and O–H groups in total. The van der Waals surface area contributed by atoms with Crippen LogP contribution < -0.4 is 4.74 Å². The number of rotatable bonds is 2. The molecule has 0 aliphatic rings. The lowest BCUT2D eigenvalue weighted by molar-refractivity contribution is -0.274. The fraction of sp³-hybridized carbons (Fsp3) is 0.111. The first-order valence-electron chi connectivity index (χ1n) is 3.97. The Morgan fingerprint density at radius 3 is 2.47 bits per heavy atom. The summed E-state index contributed by atoms with van der Waals surface area (Å²) < 4.78 is 39.3. The van der Waals surface area contributed by atoms with Crippen LogP contribution in [0.2, 0.25) is 0 Å². The molecule has 1 rings (SSSR count). The first kappa shape index (κ1) is 13.3. The minimum atomic E-state index is -4.92. The summed E-state index contributed by atoms with van der Waals surface area (Å²) in [5, 5.41) is 17.3. The number of halogens is 4. The number of nitriles is 1. The molecule has 0 aromatic heterocycles. The minimum Gasteiger partial charge on any atom is -0.478 e. The van der Waals surface area contributed by atoms with E-state index in [2.05, 4.69) is 20.7 Å². The lowest BCUT2D eigenvalue weighted by Gasteiger charge is -2.11. The molecule has 0 heterocycles. The molecule has 0 unspecified atom stereocenters. The molecular formula is C9H3BrF3NO3. The van der Waals surface area contributed by atoms with Crippen molar-refractivity contribution in [2.45, 2.75) is 6.36 Å². The van der Waals surface area contributed by atoms with E-state index < -0.39 is 29.2 Å². The molecule has 0 saturated carbocycles. The van der Waals surface area contributed by atoms with Crippen molar-refractivity contribution in [3.05, 3.63) is 27.7 Å². The van der Waals surface area contributed by atoms with Crippen LogP contribution in [-0.4, -0.2) is 17.4 Å². The highest BCUT2D eigenvalue weighted by Crippen LogP contribution is 2.32. The Hall–Kier alpha value is -1.75. The van der Waals surface area contributed by atoms with Crippen LogP contribution in [0.15, 0.2) is 16.6 Å². The second kappa shape index (κ2) is 4.63. The van der Waals surface area contributed by atoms with E-state index in [0.717, 1.165) is 6.07 Å². The first-order chi connectivity index (χ1) is 7.74. The standard InChI is InChI=1S/C9H3BrF3NO3/c10-6-2-5(8(15)16)4(3-14)1-7(6)17-9(11,12)13/h1-2H,(H,15,16). The van der Waals surface area contributed by atoms with E-state index in [0.29, 0.717) is 6.07 Å². The average Bonchev–Trinajstić information content (AvgIpc) is 2.18. The predicted molar refractivity (Wildman–Crippen MR) is 52.5 cm³/mol. The van der Waals surface area contributed by atoms with Gasteiger partial charge in [-0.3, -0.25) is 0 Å². The minimum absolute atomic E-state index is 0.203. The molecule has 17 heavy (non-hydrogen) atoms. The molecule has 1 aromatic carbocycles. The van der Waals surface area contributed by atoms with E-state index >= 15 is 0 Å². The van der Waals surface area contributed by atoms with Gasteiger partial charge < -0.3 is 9.84 Å². The number of hydrogen-bond acceptors (Lipinski definition) is 3. The highest BCUT2D eigenvalue weighted by molar-refractivity contribution is 9.10. The first-order valence-corrected chi connectivity index (χ1v) is 4.76. The zero-order valence-electron chi connectivity index (χ0n) is 7.88. The maximum Gasteiger partial charge on any atom is 0.573 e. The van der Waals surface area contributed by atoms with E-state index in [4.69, 9.17) is 10.4 Å². The van der Waals surface area contributed by atoms with Crippen LogP contribution in [0.3, 0.4) is 0 Å². The Morgan fingerprint density at radius 2 is 2.06 bits per heavy atom. The summed E-state index contributed by atoms with van der Waals surface area (Å²) in [5.41, 5.74) is -0.825. The number of aromatic carboxylic acids is 1. The van der Waals surface area contributed by atoms with E-state index in [1.54, 1.807) is 0 Å². The van der Waals surface area contributed by atoms with Gasteiger partial charge in [-0.25, -0.2) is 4.79 Å². The van der Waals surface area contributed by atoms with E-state index in [-0.39, 0.29) is 4.47 Å². The van der Waals surface area contributed by atoms with Crippen molar-refractivity contribution >= 4 is 21.9 Å². The van der Waals surface area contributed by atoms with Gasteiger partial charge in [-0.2, -0.15) is 5.26 Å². The lowest BCUT2D eigenvalue weighted by atomic mass is 10.1. The molecule has 0 fully saturated rings. The summed E-state index contributed by atoms with van der Waals surface area (Å²) in [6.07, 6.45) is -4.92. The Bertz CT molecular complexity index is 507. The van der Waals surface area contributed by atoms with Crippen molar-refractivity contribution in [1.82, 2.24) is 0 Å². The molecule has 1 aromatic rings. The topological polar surface area (TPSA) is 70.3 Å². The summed E-state index contributed by atoms with van der Waals surface area (Å²) in [4.78, 5) is 10.7. The number of carboxylic acids is 1. The van der Waals surface area contributed by atoms with E-state index in [1.165, 1.54) is 6.07 Å². The number of nitrogens with zero attached hydrogens (tertiary/aromatic N) is 1.